The van der Waals surface area contributed by atoms with Gasteiger partial charge in [-0.15, -0.1) is 0 Å². The fraction of sp³-hybridized carbons (Fsp3) is 0.750. The maximum Gasteiger partial charge on any atom is 0.130 e. The lowest BCUT2D eigenvalue weighted by Crippen LogP contribution is -2.23. The first-order valence-corrected chi connectivity index (χ1v) is 7.62. The molecule has 1 heterocycles. The van der Waals surface area contributed by atoms with Crippen LogP contribution in [0.15, 0.2) is 0 Å². The third-order valence-corrected chi connectivity index (χ3v) is 3.55. The molecule has 1 aromatic rings. The number of nitrogens with zero attached hydrogens (tertiary/aromatic N) is 3. The van der Waals surface area contributed by atoms with Crippen molar-refractivity contribution < 1.29 is 0 Å². The minimum absolute atomic E-state index is 0.614. The lowest BCUT2D eigenvalue weighted by molar-refractivity contribution is 0.409. The van der Waals surface area contributed by atoms with Crippen molar-refractivity contribution in [2.24, 2.45) is 5.92 Å². The van der Waals surface area contributed by atoms with Crippen LogP contribution in [-0.4, -0.2) is 48.6 Å². The van der Waals surface area contributed by atoms with Gasteiger partial charge in [-0.25, -0.2) is 9.97 Å². The largest absolute Gasteiger partial charge is 0.317 e. The highest BCUT2D eigenvalue weighted by molar-refractivity contribution is 5.25. The van der Waals surface area contributed by atoms with Crippen molar-refractivity contribution in [2.45, 2.75) is 40.5 Å². The zero-order valence-electron chi connectivity index (χ0n) is 14.0. The van der Waals surface area contributed by atoms with Crippen molar-refractivity contribution in [1.82, 2.24) is 20.2 Å². The molecular weight excluding hydrogens is 248 g/mol. The highest BCUT2D eigenvalue weighted by atomic mass is 15.1. The van der Waals surface area contributed by atoms with Gasteiger partial charge < -0.3 is 10.2 Å². The van der Waals surface area contributed by atoms with Crippen LogP contribution in [0.5, 0.6) is 0 Å². The molecule has 0 fully saturated rings. The molecule has 1 unspecified atom stereocenters. The molecule has 0 radical (unpaired) electrons. The van der Waals surface area contributed by atoms with E-state index in [1.165, 1.54) is 5.56 Å². The van der Waals surface area contributed by atoms with E-state index >= 15 is 0 Å². The van der Waals surface area contributed by atoms with E-state index < -0.39 is 0 Å². The van der Waals surface area contributed by atoms with Gasteiger partial charge in [-0.3, -0.25) is 0 Å². The second kappa shape index (κ2) is 8.32. The van der Waals surface area contributed by atoms with E-state index in [1.54, 1.807) is 0 Å². The van der Waals surface area contributed by atoms with Crippen molar-refractivity contribution in [1.29, 1.82) is 0 Å². The Morgan fingerprint density at radius 2 is 1.75 bits per heavy atom. The number of likely N-dealkylation sites (N-methyl/N-ethyl adjacent to an activating group) is 1. The van der Waals surface area contributed by atoms with Crippen LogP contribution in [-0.2, 0) is 12.8 Å². The number of nitrogens with one attached hydrogen (secondary N) is 1. The number of aromatic nitrogens is 2. The minimum atomic E-state index is 0.614. The van der Waals surface area contributed by atoms with Crippen LogP contribution in [0.1, 0.15) is 36.6 Å². The predicted molar refractivity (Wildman–Crippen MR) is 85.2 cm³/mol. The first-order valence-electron chi connectivity index (χ1n) is 7.62. The summed E-state index contributed by atoms with van der Waals surface area (Å²) in [6, 6.07) is 0. The van der Waals surface area contributed by atoms with Crippen molar-refractivity contribution in [2.75, 3.05) is 33.7 Å². The summed E-state index contributed by atoms with van der Waals surface area (Å²) in [6.45, 7) is 11.7. The summed E-state index contributed by atoms with van der Waals surface area (Å²) >= 11 is 0. The number of rotatable bonds is 8. The quantitative estimate of drug-likeness (QED) is 0.789. The molecule has 0 bridgehead atoms. The topological polar surface area (TPSA) is 41.1 Å². The fourth-order valence-electron chi connectivity index (χ4n) is 2.35. The molecule has 1 atom stereocenters. The molecular formula is C16H30N4. The summed E-state index contributed by atoms with van der Waals surface area (Å²) < 4.78 is 0. The highest BCUT2D eigenvalue weighted by Gasteiger charge is 2.12. The van der Waals surface area contributed by atoms with Gasteiger partial charge in [0, 0.05) is 24.4 Å². The van der Waals surface area contributed by atoms with Gasteiger partial charge in [0.05, 0.1) is 0 Å². The van der Waals surface area contributed by atoms with Crippen LogP contribution in [0.3, 0.4) is 0 Å². The second-order valence-corrected chi connectivity index (χ2v) is 5.96. The maximum atomic E-state index is 4.68. The molecule has 0 spiro atoms. The van der Waals surface area contributed by atoms with Gasteiger partial charge in [0.15, 0.2) is 0 Å². The van der Waals surface area contributed by atoms with Crippen molar-refractivity contribution in [3.05, 3.63) is 22.8 Å². The SMILES string of the molecule is CCNCC(C)Cc1c(C)nc(CCN(C)C)nc1C. The maximum absolute atomic E-state index is 4.68. The molecule has 0 aromatic carbocycles. The van der Waals surface area contributed by atoms with Crippen molar-refractivity contribution in [3.8, 4) is 0 Å². The molecule has 4 heteroatoms. The number of hydrogen-bond donors (Lipinski definition) is 1. The Kier molecular flexibility index (Phi) is 7.10. The van der Waals surface area contributed by atoms with Crippen LogP contribution < -0.4 is 5.32 Å². The van der Waals surface area contributed by atoms with Crippen LogP contribution in [0.25, 0.3) is 0 Å². The van der Waals surface area contributed by atoms with Crippen LogP contribution >= 0.6 is 0 Å². The van der Waals surface area contributed by atoms with E-state index in [1.807, 2.05) is 0 Å². The number of hydrogen-bond acceptors (Lipinski definition) is 4. The third kappa shape index (κ3) is 5.55. The van der Waals surface area contributed by atoms with E-state index in [-0.39, 0.29) is 0 Å². The van der Waals surface area contributed by atoms with Crippen molar-refractivity contribution in [3.63, 3.8) is 0 Å². The molecule has 1 rings (SSSR count). The monoisotopic (exact) mass is 278 g/mol. The Hall–Kier alpha value is -1.00. The average molecular weight is 278 g/mol. The standard InChI is InChI=1S/C16H30N4/c1-7-17-11-12(2)10-15-13(3)18-16(19-14(15)4)8-9-20(5)6/h12,17H,7-11H2,1-6H3. The zero-order chi connectivity index (χ0) is 15.1. The fourth-order valence-corrected chi connectivity index (χ4v) is 2.35. The smallest absolute Gasteiger partial charge is 0.130 e. The zero-order valence-corrected chi connectivity index (χ0v) is 14.0. The Labute approximate surface area is 124 Å². The Morgan fingerprint density at radius 3 is 2.25 bits per heavy atom. The van der Waals surface area contributed by atoms with Gasteiger partial charge in [0.2, 0.25) is 0 Å². The molecule has 0 saturated carbocycles. The summed E-state index contributed by atoms with van der Waals surface area (Å²) in [6.07, 6.45) is 1.97. The summed E-state index contributed by atoms with van der Waals surface area (Å²) in [5.74, 6) is 1.58. The Bertz CT molecular complexity index is 392. The van der Waals surface area contributed by atoms with Crippen molar-refractivity contribution >= 4 is 0 Å². The Morgan fingerprint density at radius 1 is 1.15 bits per heavy atom. The van der Waals surface area contributed by atoms with Gasteiger partial charge in [0.25, 0.3) is 0 Å². The Balaban J connectivity index is 2.73. The lowest BCUT2D eigenvalue weighted by Gasteiger charge is -2.16. The average Bonchev–Trinajstić information content (AvgIpc) is 2.38. The van der Waals surface area contributed by atoms with Crippen LogP contribution in [0, 0.1) is 19.8 Å². The third-order valence-electron chi connectivity index (χ3n) is 3.55. The molecule has 114 valence electrons. The molecule has 1 N–H and O–H groups in total. The van der Waals surface area contributed by atoms with Crippen LogP contribution in [0.4, 0.5) is 0 Å². The molecule has 0 aliphatic carbocycles. The normalized spacial score (nSPS) is 12.9. The molecule has 4 nitrogen and oxygen atoms in total. The second-order valence-electron chi connectivity index (χ2n) is 5.96. The summed E-state index contributed by atoms with van der Waals surface area (Å²) in [4.78, 5) is 11.5. The van der Waals surface area contributed by atoms with Gasteiger partial charge in [0.1, 0.15) is 5.82 Å². The number of aryl methyl sites for hydroxylation is 2. The van der Waals surface area contributed by atoms with Crippen LogP contribution in [0.2, 0.25) is 0 Å². The molecule has 0 aliphatic rings. The lowest BCUT2D eigenvalue weighted by atomic mass is 9.98. The van der Waals surface area contributed by atoms with E-state index in [9.17, 15) is 0 Å². The van der Waals surface area contributed by atoms with E-state index in [4.69, 9.17) is 0 Å². The van der Waals surface area contributed by atoms with E-state index in [0.29, 0.717) is 5.92 Å². The van der Waals surface area contributed by atoms with E-state index in [2.05, 4.69) is 62.0 Å². The molecule has 0 amide bonds. The predicted octanol–water partition coefficient (Wildman–Crippen LogP) is 1.99. The van der Waals surface area contributed by atoms with Gasteiger partial charge >= 0.3 is 0 Å². The molecule has 0 aliphatic heterocycles. The first kappa shape index (κ1) is 17.1. The highest BCUT2D eigenvalue weighted by Crippen LogP contribution is 2.15. The van der Waals surface area contributed by atoms with Gasteiger partial charge in [-0.2, -0.15) is 0 Å². The molecule has 20 heavy (non-hydrogen) atoms. The molecule has 0 saturated heterocycles. The summed E-state index contributed by atoms with van der Waals surface area (Å²) in [5, 5.41) is 3.41. The van der Waals surface area contributed by atoms with Gasteiger partial charge in [-0.1, -0.05) is 13.8 Å². The van der Waals surface area contributed by atoms with Gasteiger partial charge in [-0.05, 0) is 58.9 Å². The van der Waals surface area contributed by atoms with E-state index in [0.717, 1.165) is 49.7 Å². The summed E-state index contributed by atoms with van der Waals surface area (Å²) in [7, 11) is 4.16. The molecule has 1 aromatic heterocycles. The minimum Gasteiger partial charge on any atom is -0.317 e. The first-order chi connectivity index (χ1) is 9.43. The summed E-state index contributed by atoms with van der Waals surface area (Å²) in [5.41, 5.74) is 3.62.